The number of sulfonamides is 1. The number of imide groups is 1. The molecule has 1 unspecified atom stereocenters. The molecule has 0 bridgehead atoms. The Balaban J connectivity index is 2.74. The Labute approximate surface area is 181 Å². The normalized spacial score (nSPS) is 12.3. The van der Waals surface area contributed by atoms with Crippen LogP contribution in [0.5, 0.6) is 0 Å². The van der Waals surface area contributed by atoms with Crippen molar-refractivity contribution in [2.24, 2.45) is 11.7 Å². The fourth-order valence-electron chi connectivity index (χ4n) is 2.61. The van der Waals surface area contributed by atoms with Crippen LogP contribution >= 0.6 is 0 Å². The molecule has 0 spiro atoms. The smallest absolute Gasteiger partial charge is 0.326 e. The first-order chi connectivity index (χ1) is 14.4. The van der Waals surface area contributed by atoms with Crippen molar-refractivity contribution in [2.45, 2.75) is 38.7 Å². The first-order valence-electron chi connectivity index (χ1n) is 9.62. The zero-order valence-corrected chi connectivity index (χ0v) is 18.7. The summed E-state index contributed by atoms with van der Waals surface area (Å²) in [5, 5.41) is 4.17. The molecule has 0 heterocycles. The lowest BCUT2D eigenvalue weighted by atomic mass is 10.1. The lowest BCUT2D eigenvalue weighted by molar-refractivity contribution is -0.157. The summed E-state index contributed by atoms with van der Waals surface area (Å²) in [5.41, 5.74) is 5.02. The summed E-state index contributed by atoms with van der Waals surface area (Å²) in [6, 6.07) is 4.20. The molecular formula is C19H28N4O7S. The van der Waals surface area contributed by atoms with Crippen LogP contribution in [0.4, 0.5) is 4.79 Å². The van der Waals surface area contributed by atoms with Gasteiger partial charge in [0.1, 0.15) is 6.54 Å². The number of hydrogen-bond acceptors (Lipinski definition) is 7. The van der Waals surface area contributed by atoms with Gasteiger partial charge in [0.15, 0.2) is 6.10 Å². The van der Waals surface area contributed by atoms with Crippen molar-refractivity contribution < 1.29 is 32.3 Å². The predicted octanol–water partition coefficient (Wildman–Crippen LogP) is 0.210. The summed E-state index contributed by atoms with van der Waals surface area (Å²) in [6.45, 7) is 6.75. The van der Waals surface area contributed by atoms with Crippen LogP contribution in [-0.2, 0) is 24.3 Å². The molecule has 1 atom stereocenters. The first-order valence-corrected chi connectivity index (χ1v) is 11.1. The molecule has 0 saturated carbocycles. The van der Waals surface area contributed by atoms with Gasteiger partial charge in [0, 0.05) is 18.7 Å². The molecule has 0 aliphatic heterocycles. The van der Waals surface area contributed by atoms with Crippen molar-refractivity contribution in [1.82, 2.24) is 14.9 Å². The predicted molar refractivity (Wildman–Crippen MR) is 111 cm³/mol. The van der Waals surface area contributed by atoms with E-state index in [1.54, 1.807) is 27.7 Å². The van der Waals surface area contributed by atoms with E-state index in [2.05, 4.69) is 5.32 Å². The van der Waals surface area contributed by atoms with E-state index >= 15 is 0 Å². The van der Waals surface area contributed by atoms with E-state index in [4.69, 9.17) is 10.5 Å². The molecule has 31 heavy (non-hydrogen) atoms. The zero-order valence-electron chi connectivity index (χ0n) is 17.9. The highest BCUT2D eigenvalue weighted by Gasteiger charge is 2.27. The van der Waals surface area contributed by atoms with E-state index in [-0.39, 0.29) is 10.5 Å². The van der Waals surface area contributed by atoms with Gasteiger partial charge in [0.25, 0.3) is 11.8 Å². The van der Waals surface area contributed by atoms with Crippen molar-refractivity contribution in [3.8, 4) is 0 Å². The molecular weight excluding hydrogens is 428 g/mol. The quantitative estimate of drug-likeness (QED) is 0.423. The fraction of sp³-hybridized carbons (Fsp3) is 0.474. The molecule has 0 saturated heterocycles. The van der Waals surface area contributed by atoms with Crippen LogP contribution in [0.3, 0.4) is 0 Å². The number of ether oxygens (including phenoxy) is 1. The summed E-state index contributed by atoms with van der Waals surface area (Å²) in [5.74, 6) is -2.84. The van der Waals surface area contributed by atoms with Crippen molar-refractivity contribution in [2.75, 3.05) is 19.6 Å². The van der Waals surface area contributed by atoms with Gasteiger partial charge in [-0.15, -0.1) is 0 Å². The van der Waals surface area contributed by atoms with E-state index in [0.29, 0.717) is 13.1 Å². The minimum Gasteiger partial charge on any atom is -0.451 e. The summed E-state index contributed by atoms with van der Waals surface area (Å²) in [6.07, 6.45) is -1.26. The van der Waals surface area contributed by atoms with Crippen LogP contribution in [-0.4, -0.2) is 62.3 Å². The summed E-state index contributed by atoms with van der Waals surface area (Å²) >= 11 is 0. The number of nitrogens with zero attached hydrogens (tertiary/aromatic N) is 1. The van der Waals surface area contributed by atoms with Gasteiger partial charge < -0.3 is 15.8 Å². The number of carbonyl (C=O) groups is 4. The monoisotopic (exact) mass is 456 g/mol. The lowest BCUT2D eigenvalue weighted by Crippen LogP contribution is -2.46. The second-order valence-corrected chi connectivity index (χ2v) is 8.74. The fourth-order valence-corrected chi connectivity index (χ4v) is 4.07. The Morgan fingerprint density at radius 1 is 1.06 bits per heavy atom. The maximum absolute atomic E-state index is 12.5. The third-order valence-corrected chi connectivity index (χ3v) is 6.29. The van der Waals surface area contributed by atoms with Crippen molar-refractivity contribution >= 4 is 33.8 Å². The topological polar surface area (TPSA) is 165 Å². The SMILES string of the molecule is CCN(CC)S(=O)(=O)c1ccc(C(=O)NCC(=O)OC(C(=O)NC(N)=O)C(C)C)cc1. The highest BCUT2D eigenvalue weighted by atomic mass is 32.2. The van der Waals surface area contributed by atoms with Gasteiger partial charge in [0.05, 0.1) is 4.90 Å². The van der Waals surface area contributed by atoms with Gasteiger partial charge in [-0.1, -0.05) is 27.7 Å². The Hall–Kier alpha value is -2.99. The average molecular weight is 457 g/mol. The molecule has 0 aliphatic carbocycles. The number of carbonyl (C=O) groups excluding carboxylic acids is 4. The van der Waals surface area contributed by atoms with Crippen LogP contribution < -0.4 is 16.4 Å². The molecule has 1 aromatic carbocycles. The molecule has 1 aromatic rings. The Morgan fingerprint density at radius 3 is 2.06 bits per heavy atom. The zero-order chi connectivity index (χ0) is 23.8. The van der Waals surface area contributed by atoms with Crippen LogP contribution in [0, 0.1) is 5.92 Å². The average Bonchev–Trinajstić information content (AvgIpc) is 2.70. The molecule has 11 nitrogen and oxygen atoms in total. The van der Waals surface area contributed by atoms with Crippen LogP contribution in [0.25, 0.3) is 0 Å². The first kappa shape index (κ1) is 26.0. The molecule has 0 radical (unpaired) electrons. The summed E-state index contributed by atoms with van der Waals surface area (Å²) in [7, 11) is -3.65. The van der Waals surface area contributed by atoms with Crippen LogP contribution in [0.2, 0.25) is 0 Å². The van der Waals surface area contributed by atoms with E-state index in [9.17, 15) is 27.6 Å². The van der Waals surface area contributed by atoms with Crippen molar-refractivity contribution in [3.05, 3.63) is 29.8 Å². The maximum atomic E-state index is 12.5. The van der Waals surface area contributed by atoms with Gasteiger partial charge in [-0.2, -0.15) is 4.31 Å². The Bertz CT molecular complexity index is 910. The molecule has 172 valence electrons. The minimum atomic E-state index is -3.65. The molecule has 1 rings (SSSR count). The van der Waals surface area contributed by atoms with Gasteiger partial charge in [-0.25, -0.2) is 13.2 Å². The number of benzene rings is 1. The van der Waals surface area contributed by atoms with E-state index in [1.165, 1.54) is 28.6 Å². The molecule has 0 fully saturated rings. The Morgan fingerprint density at radius 2 is 1.61 bits per heavy atom. The number of hydrogen-bond donors (Lipinski definition) is 3. The largest absolute Gasteiger partial charge is 0.451 e. The number of rotatable bonds is 10. The highest BCUT2D eigenvalue weighted by molar-refractivity contribution is 7.89. The number of nitrogens with one attached hydrogen (secondary N) is 2. The number of nitrogens with two attached hydrogens (primary N) is 1. The van der Waals surface area contributed by atoms with E-state index < -0.39 is 52.4 Å². The number of amides is 4. The van der Waals surface area contributed by atoms with Crippen LogP contribution in [0.15, 0.2) is 29.2 Å². The van der Waals surface area contributed by atoms with Gasteiger partial charge in [-0.3, -0.25) is 19.7 Å². The number of urea groups is 1. The maximum Gasteiger partial charge on any atom is 0.326 e. The van der Waals surface area contributed by atoms with Crippen molar-refractivity contribution in [3.63, 3.8) is 0 Å². The second kappa shape index (κ2) is 11.4. The number of esters is 1. The molecule has 12 heteroatoms. The molecule has 0 aromatic heterocycles. The standard InChI is InChI=1S/C19H28N4O7S/c1-5-23(6-2)31(28,29)14-9-7-13(8-10-14)17(25)21-11-15(24)30-16(12(3)4)18(26)22-19(20)27/h7-10,12,16H,5-6,11H2,1-4H3,(H,21,25)(H3,20,22,26,27). The molecule has 4 amide bonds. The van der Waals surface area contributed by atoms with Gasteiger partial charge in [0.2, 0.25) is 10.0 Å². The van der Waals surface area contributed by atoms with Crippen molar-refractivity contribution in [1.29, 1.82) is 0 Å². The van der Waals surface area contributed by atoms with E-state index in [0.717, 1.165) is 0 Å². The summed E-state index contributed by atoms with van der Waals surface area (Å²) < 4.78 is 31.3. The third-order valence-electron chi connectivity index (χ3n) is 4.22. The van der Waals surface area contributed by atoms with Gasteiger partial charge >= 0.3 is 12.0 Å². The summed E-state index contributed by atoms with van der Waals surface area (Å²) in [4.78, 5) is 46.9. The second-order valence-electron chi connectivity index (χ2n) is 6.80. The van der Waals surface area contributed by atoms with Crippen LogP contribution in [0.1, 0.15) is 38.1 Å². The van der Waals surface area contributed by atoms with E-state index in [1.807, 2.05) is 5.32 Å². The highest BCUT2D eigenvalue weighted by Crippen LogP contribution is 2.16. The lowest BCUT2D eigenvalue weighted by Gasteiger charge is -2.20. The number of primary amides is 1. The third kappa shape index (κ3) is 7.33. The molecule has 4 N–H and O–H groups in total. The molecule has 0 aliphatic rings. The minimum absolute atomic E-state index is 0.0485. The Kier molecular flexibility index (Phi) is 9.59. The van der Waals surface area contributed by atoms with Gasteiger partial charge in [-0.05, 0) is 30.2 Å².